The quantitative estimate of drug-likeness (QED) is 0.723. The minimum Gasteiger partial charge on any atom is -0.396 e. The van der Waals surface area contributed by atoms with E-state index < -0.39 is 9.84 Å². The summed E-state index contributed by atoms with van der Waals surface area (Å²) in [4.78, 5) is 11.9. The van der Waals surface area contributed by atoms with Crippen LogP contribution in [0.3, 0.4) is 0 Å². The van der Waals surface area contributed by atoms with Crippen LogP contribution >= 0.6 is 11.3 Å². The Balaban J connectivity index is 2.34. The summed E-state index contributed by atoms with van der Waals surface area (Å²) in [6.45, 7) is 1.37. The number of hydrogen-bond acceptors (Lipinski definition) is 7. The number of aliphatic hydroxyl groups excluding tert-OH is 1. The molecular weight excluding hydrogens is 312 g/mol. The molecule has 4 N–H and O–H groups in total. The van der Waals surface area contributed by atoms with Crippen molar-refractivity contribution in [1.82, 2.24) is 0 Å². The van der Waals surface area contributed by atoms with Gasteiger partial charge in [0.25, 0.3) is 0 Å². The summed E-state index contributed by atoms with van der Waals surface area (Å²) < 4.78 is 23.9. The normalized spacial score (nSPS) is 23.0. The molecule has 0 radical (unpaired) electrons. The number of sulfone groups is 1. The smallest absolute Gasteiger partial charge is 0.180 e. The summed E-state index contributed by atoms with van der Waals surface area (Å²) in [6.07, 6.45) is 3.71. The van der Waals surface area contributed by atoms with Crippen LogP contribution < -0.4 is 11.1 Å². The Bertz CT molecular complexity index is 643. The molecule has 0 aliphatic heterocycles. The van der Waals surface area contributed by atoms with Gasteiger partial charge in [-0.2, -0.15) is 0 Å². The number of thiophene rings is 1. The van der Waals surface area contributed by atoms with Gasteiger partial charge in [0.1, 0.15) is 9.90 Å². The Hall–Kier alpha value is -1.12. The highest BCUT2D eigenvalue weighted by Crippen LogP contribution is 2.40. The van der Waals surface area contributed by atoms with E-state index in [0.29, 0.717) is 17.8 Å². The largest absolute Gasteiger partial charge is 0.396 e. The summed E-state index contributed by atoms with van der Waals surface area (Å²) in [5.41, 5.74) is 5.88. The van der Waals surface area contributed by atoms with Crippen molar-refractivity contribution in [3.8, 4) is 0 Å². The summed E-state index contributed by atoms with van der Waals surface area (Å²) in [5.74, 6) is -0.241. The van der Waals surface area contributed by atoms with Crippen molar-refractivity contribution in [3.63, 3.8) is 0 Å². The van der Waals surface area contributed by atoms with Crippen LogP contribution in [-0.4, -0.2) is 37.7 Å². The zero-order valence-electron chi connectivity index (χ0n) is 12.0. The molecule has 1 aliphatic rings. The molecule has 1 aliphatic carbocycles. The predicted octanol–water partition coefficient (Wildman–Crippen LogP) is 1.65. The molecule has 1 aromatic rings. The molecule has 118 valence electrons. The van der Waals surface area contributed by atoms with Gasteiger partial charge < -0.3 is 16.2 Å². The predicted molar refractivity (Wildman–Crippen MR) is 83.7 cm³/mol. The molecular formula is C13H20N2O4S2. The SMILES string of the molecule is CC(=O)c1sc(NC2CCC(O)CC2)c(S(C)(=O)=O)c1N. The fourth-order valence-electron chi connectivity index (χ4n) is 2.56. The van der Waals surface area contributed by atoms with Crippen LogP contribution in [0.4, 0.5) is 10.7 Å². The molecule has 1 saturated carbocycles. The minimum absolute atomic E-state index is 0.0174. The molecule has 0 spiro atoms. The maximum Gasteiger partial charge on any atom is 0.180 e. The zero-order chi connectivity index (χ0) is 15.8. The van der Waals surface area contributed by atoms with Gasteiger partial charge >= 0.3 is 0 Å². The van der Waals surface area contributed by atoms with Gasteiger partial charge in [0.2, 0.25) is 0 Å². The number of rotatable bonds is 4. The van der Waals surface area contributed by atoms with Crippen molar-refractivity contribution in [2.24, 2.45) is 0 Å². The second-order valence-electron chi connectivity index (χ2n) is 5.48. The van der Waals surface area contributed by atoms with E-state index in [9.17, 15) is 18.3 Å². The van der Waals surface area contributed by atoms with Crippen LogP contribution in [0, 0.1) is 0 Å². The molecule has 0 amide bonds. The van der Waals surface area contributed by atoms with Crippen molar-refractivity contribution in [3.05, 3.63) is 4.88 Å². The van der Waals surface area contributed by atoms with Crippen molar-refractivity contribution < 1.29 is 18.3 Å². The maximum atomic E-state index is 11.9. The standard InChI is InChI=1S/C13H20N2O4S2/c1-7(16)11-10(14)12(21(2,18)19)13(20-11)15-8-3-5-9(17)6-4-8/h8-9,15,17H,3-6,14H2,1-2H3. The number of Topliss-reactive ketones (excluding diaryl/α,β-unsaturated/α-hetero) is 1. The van der Waals surface area contributed by atoms with Gasteiger partial charge in [-0.1, -0.05) is 0 Å². The molecule has 0 unspecified atom stereocenters. The van der Waals surface area contributed by atoms with Gasteiger partial charge in [-0.25, -0.2) is 8.42 Å². The van der Waals surface area contributed by atoms with E-state index in [4.69, 9.17) is 5.73 Å². The zero-order valence-corrected chi connectivity index (χ0v) is 13.7. The lowest BCUT2D eigenvalue weighted by Gasteiger charge is -2.26. The topological polar surface area (TPSA) is 109 Å². The van der Waals surface area contributed by atoms with Crippen LogP contribution in [0.2, 0.25) is 0 Å². The lowest BCUT2D eigenvalue weighted by atomic mass is 9.93. The van der Waals surface area contributed by atoms with Crippen LogP contribution in [-0.2, 0) is 9.84 Å². The van der Waals surface area contributed by atoms with E-state index in [1.807, 2.05) is 0 Å². The highest BCUT2D eigenvalue weighted by Gasteiger charge is 2.28. The number of nitrogen functional groups attached to an aromatic ring is 1. The third-order valence-electron chi connectivity index (χ3n) is 3.62. The number of aliphatic hydroxyl groups is 1. The highest BCUT2D eigenvalue weighted by atomic mass is 32.2. The first kappa shape index (κ1) is 16.3. The summed E-state index contributed by atoms with van der Waals surface area (Å²) >= 11 is 1.09. The second-order valence-corrected chi connectivity index (χ2v) is 8.45. The van der Waals surface area contributed by atoms with Gasteiger partial charge in [-0.15, -0.1) is 11.3 Å². The molecule has 1 heterocycles. The van der Waals surface area contributed by atoms with Crippen molar-refractivity contribution in [1.29, 1.82) is 0 Å². The van der Waals surface area contributed by atoms with E-state index in [0.717, 1.165) is 30.4 Å². The Morgan fingerprint density at radius 2 is 1.90 bits per heavy atom. The van der Waals surface area contributed by atoms with Crippen LogP contribution in [0.15, 0.2) is 4.90 Å². The third-order valence-corrected chi connectivity index (χ3v) is 6.15. The first-order valence-electron chi connectivity index (χ1n) is 6.78. The van der Waals surface area contributed by atoms with Crippen LogP contribution in [0.5, 0.6) is 0 Å². The molecule has 0 atom stereocenters. The molecule has 21 heavy (non-hydrogen) atoms. The first-order valence-corrected chi connectivity index (χ1v) is 9.48. The Labute approximate surface area is 128 Å². The van der Waals surface area contributed by atoms with Gasteiger partial charge in [0.15, 0.2) is 15.6 Å². The van der Waals surface area contributed by atoms with Crippen molar-refractivity contribution >= 4 is 37.6 Å². The average molecular weight is 332 g/mol. The molecule has 8 heteroatoms. The number of carbonyl (C=O) groups excluding carboxylic acids is 1. The van der Waals surface area contributed by atoms with Crippen LogP contribution in [0.25, 0.3) is 0 Å². The summed E-state index contributed by atoms with van der Waals surface area (Å²) in [6, 6.07) is 0.0896. The molecule has 2 rings (SSSR count). The molecule has 1 aromatic heterocycles. The van der Waals surface area contributed by atoms with Gasteiger partial charge in [0.05, 0.1) is 16.7 Å². The lowest BCUT2D eigenvalue weighted by molar-refractivity contribution is 0.102. The van der Waals surface area contributed by atoms with E-state index in [1.165, 1.54) is 6.92 Å². The second kappa shape index (κ2) is 5.94. The number of carbonyl (C=O) groups is 1. The summed E-state index contributed by atoms with van der Waals surface area (Å²) in [7, 11) is -3.52. The van der Waals surface area contributed by atoms with Crippen molar-refractivity contribution in [2.45, 2.75) is 49.6 Å². The average Bonchev–Trinajstić information content (AvgIpc) is 2.69. The monoisotopic (exact) mass is 332 g/mol. The lowest BCUT2D eigenvalue weighted by Crippen LogP contribution is -2.28. The molecule has 0 aromatic carbocycles. The number of nitrogens with one attached hydrogen (secondary N) is 1. The third kappa shape index (κ3) is 3.56. The first-order chi connectivity index (χ1) is 9.70. The van der Waals surface area contributed by atoms with E-state index in [-0.39, 0.29) is 33.4 Å². The Morgan fingerprint density at radius 1 is 1.33 bits per heavy atom. The summed E-state index contributed by atoms with van der Waals surface area (Å²) in [5, 5.41) is 13.1. The van der Waals surface area contributed by atoms with E-state index >= 15 is 0 Å². The molecule has 6 nitrogen and oxygen atoms in total. The number of hydrogen-bond donors (Lipinski definition) is 3. The Morgan fingerprint density at radius 3 is 2.38 bits per heavy atom. The number of ketones is 1. The highest BCUT2D eigenvalue weighted by molar-refractivity contribution is 7.91. The minimum atomic E-state index is -3.52. The van der Waals surface area contributed by atoms with E-state index in [1.54, 1.807) is 0 Å². The molecule has 0 saturated heterocycles. The van der Waals surface area contributed by atoms with Gasteiger partial charge in [0, 0.05) is 19.2 Å². The van der Waals surface area contributed by atoms with Gasteiger partial charge in [-0.05, 0) is 25.7 Å². The number of anilines is 2. The molecule has 1 fully saturated rings. The van der Waals surface area contributed by atoms with Crippen LogP contribution in [0.1, 0.15) is 42.3 Å². The fourth-order valence-corrected chi connectivity index (χ4v) is 5.09. The van der Waals surface area contributed by atoms with Crippen molar-refractivity contribution in [2.75, 3.05) is 17.3 Å². The fraction of sp³-hybridized carbons (Fsp3) is 0.615. The van der Waals surface area contributed by atoms with Gasteiger partial charge in [-0.3, -0.25) is 4.79 Å². The number of nitrogens with two attached hydrogens (primary N) is 1. The Kier molecular flexibility index (Phi) is 4.60. The molecule has 0 bridgehead atoms. The van der Waals surface area contributed by atoms with E-state index in [2.05, 4.69) is 5.32 Å². The maximum absolute atomic E-state index is 11.9.